The molecule has 0 saturated carbocycles. The number of amides is 1. The molecule has 0 spiro atoms. The summed E-state index contributed by atoms with van der Waals surface area (Å²) in [5.74, 6) is -0.0983. The van der Waals surface area contributed by atoms with E-state index >= 15 is 0 Å². The van der Waals surface area contributed by atoms with E-state index < -0.39 is 0 Å². The third-order valence-electron chi connectivity index (χ3n) is 4.95. The van der Waals surface area contributed by atoms with E-state index in [9.17, 15) is 4.79 Å². The van der Waals surface area contributed by atoms with Crippen molar-refractivity contribution in [2.24, 2.45) is 0 Å². The maximum Gasteiger partial charge on any atom is 0.273 e. The zero-order valence-electron chi connectivity index (χ0n) is 15.7. The molecule has 0 saturated heterocycles. The molecule has 1 atom stereocenters. The third-order valence-corrected chi connectivity index (χ3v) is 4.95. The summed E-state index contributed by atoms with van der Waals surface area (Å²) in [4.78, 5) is 24.3. The summed E-state index contributed by atoms with van der Waals surface area (Å²) in [6, 6.07) is 25.5. The van der Waals surface area contributed by atoms with Crippen molar-refractivity contribution in [1.29, 1.82) is 0 Å². The Hall–Kier alpha value is -3.53. The summed E-state index contributed by atoms with van der Waals surface area (Å²) in [5.41, 5.74) is 2.39. The van der Waals surface area contributed by atoms with Crippen molar-refractivity contribution in [3.63, 3.8) is 0 Å². The Bertz CT molecular complexity index is 1080. The van der Waals surface area contributed by atoms with Gasteiger partial charge >= 0.3 is 0 Å². The van der Waals surface area contributed by atoms with Gasteiger partial charge in [-0.15, -0.1) is 0 Å². The summed E-state index contributed by atoms with van der Waals surface area (Å²) in [5, 5.41) is 1.87. The van der Waals surface area contributed by atoms with Crippen molar-refractivity contribution in [2.75, 3.05) is 0 Å². The zero-order chi connectivity index (χ0) is 19.3. The highest BCUT2D eigenvalue weighted by Gasteiger charge is 2.25. The SMILES string of the molecule is C[C@H](c1ccccc1)N(Cc1ccccn1)C(=O)c1nccc2ccccc12. The fraction of sp³-hybridized carbons (Fsp3) is 0.125. The molecule has 1 amide bonds. The molecule has 138 valence electrons. The number of nitrogens with zero attached hydrogens (tertiary/aromatic N) is 3. The van der Waals surface area contributed by atoms with Gasteiger partial charge in [0.05, 0.1) is 18.3 Å². The van der Waals surface area contributed by atoms with Crippen molar-refractivity contribution in [1.82, 2.24) is 14.9 Å². The molecule has 4 rings (SSSR count). The molecule has 0 N–H and O–H groups in total. The molecule has 0 fully saturated rings. The van der Waals surface area contributed by atoms with E-state index in [1.54, 1.807) is 12.4 Å². The Balaban J connectivity index is 1.76. The Morgan fingerprint density at radius 3 is 2.39 bits per heavy atom. The van der Waals surface area contributed by atoms with E-state index in [4.69, 9.17) is 0 Å². The second-order valence-corrected chi connectivity index (χ2v) is 6.72. The predicted octanol–water partition coefficient (Wildman–Crippen LogP) is 5.03. The van der Waals surface area contributed by atoms with Gasteiger partial charge in [0.2, 0.25) is 0 Å². The fourth-order valence-electron chi connectivity index (χ4n) is 3.39. The van der Waals surface area contributed by atoms with Crippen LogP contribution in [-0.2, 0) is 6.54 Å². The summed E-state index contributed by atoms with van der Waals surface area (Å²) < 4.78 is 0. The molecule has 4 aromatic rings. The van der Waals surface area contributed by atoms with Gasteiger partial charge in [-0.05, 0) is 36.1 Å². The highest BCUT2D eigenvalue weighted by molar-refractivity contribution is 6.05. The topological polar surface area (TPSA) is 46.1 Å². The van der Waals surface area contributed by atoms with Crippen molar-refractivity contribution >= 4 is 16.7 Å². The molecule has 0 bridgehead atoms. The number of pyridine rings is 2. The minimum Gasteiger partial charge on any atom is -0.325 e. The van der Waals surface area contributed by atoms with Gasteiger partial charge in [-0.1, -0.05) is 60.7 Å². The van der Waals surface area contributed by atoms with Gasteiger partial charge in [0.15, 0.2) is 0 Å². The van der Waals surface area contributed by atoms with Crippen LogP contribution in [0.4, 0.5) is 0 Å². The predicted molar refractivity (Wildman–Crippen MR) is 111 cm³/mol. The van der Waals surface area contributed by atoms with Crippen molar-refractivity contribution < 1.29 is 4.79 Å². The first-order valence-electron chi connectivity index (χ1n) is 9.33. The second-order valence-electron chi connectivity index (χ2n) is 6.72. The lowest BCUT2D eigenvalue weighted by Crippen LogP contribution is -2.34. The lowest BCUT2D eigenvalue weighted by Gasteiger charge is -2.29. The van der Waals surface area contributed by atoms with E-state index in [-0.39, 0.29) is 11.9 Å². The maximum atomic E-state index is 13.6. The number of aromatic nitrogens is 2. The van der Waals surface area contributed by atoms with Crippen LogP contribution in [0.15, 0.2) is 91.3 Å². The van der Waals surface area contributed by atoms with Gasteiger partial charge in [0.25, 0.3) is 5.91 Å². The lowest BCUT2D eigenvalue weighted by atomic mass is 10.0. The number of carbonyl (C=O) groups is 1. The molecule has 28 heavy (non-hydrogen) atoms. The van der Waals surface area contributed by atoms with Gasteiger partial charge in [0, 0.05) is 17.8 Å². The molecule has 0 unspecified atom stereocenters. The minimum atomic E-state index is -0.114. The smallest absolute Gasteiger partial charge is 0.273 e. The summed E-state index contributed by atoms with van der Waals surface area (Å²) in [6.07, 6.45) is 3.45. The summed E-state index contributed by atoms with van der Waals surface area (Å²) >= 11 is 0. The lowest BCUT2D eigenvalue weighted by molar-refractivity contribution is 0.0667. The molecule has 2 aromatic carbocycles. The van der Waals surface area contributed by atoms with Crippen molar-refractivity contribution in [3.8, 4) is 0 Å². The van der Waals surface area contributed by atoms with E-state index in [2.05, 4.69) is 9.97 Å². The molecule has 0 aliphatic heterocycles. The second kappa shape index (κ2) is 8.01. The molecule has 0 aliphatic carbocycles. The first kappa shape index (κ1) is 17.9. The third kappa shape index (κ3) is 3.62. The monoisotopic (exact) mass is 367 g/mol. The Kier molecular flexibility index (Phi) is 5.11. The van der Waals surface area contributed by atoms with Crippen LogP contribution in [0.5, 0.6) is 0 Å². The fourth-order valence-corrected chi connectivity index (χ4v) is 3.39. The summed E-state index contributed by atoms with van der Waals surface area (Å²) in [6.45, 7) is 2.46. The van der Waals surface area contributed by atoms with E-state index in [1.807, 2.05) is 90.7 Å². The molecule has 0 radical (unpaired) electrons. The van der Waals surface area contributed by atoms with E-state index in [0.29, 0.717) is 12.2 Å². The molecular weight excluding hydrogens is 346 g/mol. The van der Waals surface area contributed by atoms with Gasteiger partial charge in [-0.3, -0.25) is 14.8 Å². The standard InChI is InChI=1S/C24H21N3O/c1-18(19-9-3-2-4-10-19)27(17-21-12-7-8-15-25-21)24(28)23-22-13-6-5-11-20(22)14-16-26-23/h2-16,18H,17H2,1H3/t18-/m1/s1. The molecule has 4 heteroatoms. The average Bonchev–Trinajstić information content (AvgIpc) is 2.77. The number of fused-ring (bicyclic) bond motifs is 1. The molecular formula is C24H21N3O. The van der Waals surface area contributed by atoms with Crippen LogP contribution < -0.4 is 0 Å². The highest BCUT2D eigenvalue weighted by atomic mass is 16.2. The number of hydrogen-bond donors (Lipinski definition) is 0. The Morgan fingerprint density at radius 1 is 0.857 bits per heavy atom. The number of carbonyl (C=O) groups excluding carboxylic acids is 1. The Labute approximate surface area is 164 Å². The number of rotatable bonds is 5. The largest absolute Gasteiger partial charge is 0.325 e. The van der Waals surface area contributed by atoms with E-state index in [0.717, 1.165) is 22.0 Å². The summed E-state index contributed by atoms with van der Waals surface area (Å²) in [7, 11) is 0. The van der Waals surface area contributed by atoms with Crippen LogP contribution in [0.3, 0.4) is 0 Å². The minimum absolute atomic E-state index is 0.0983. The molecule has 4 nitrogen and oxygen atoms in total. The van der Waals surface area contributed by atoms with Crippen LogP contribution in [0, 0.1) is 0 Å². The van der Waals surface area contributed by atoms with Crippen LogP contribution in [0.1, 0.15) is 34.7 Å². The number of hydrogen-bond acceptors (Lipinski definition) is 3. The first-order valence-corrected chi connectivity index (χ1v) is 9.33. The van der Waals surface area contributed by atoms with Gasteiger partial charge < -0.3 is 4.90 Å². The van der Waals surface area contributed by atoms with Gasteiger partial charge in [0.1, 0.15) is 5.69 Å². The van der Waals surface area contributed by atoms with Crippen LogP contribution in [-0.4, -0.2) is 20.8 Å². The van der Waals surface area contributed by atoms with E-state index in [1.165, 1.54) is 0 Å². The van der Waals surface area contributed by atoms with Crippen LogP contribution in [0.2, 0.25) is 0 Å². The molecule has 2 heterocycles. The molecule has 0 aliphatic rings. The molecule has 2 aromatic heterocycles. The Morgan fingerprint density at radius 2 is 1.61 bits per heavy atom. The van der Waals surface area contributed by atoms with Crippen molar-refractivity contribution in [2.45, 2.75) is 19.5 Å². The zero-order valence-corrected chi connectivity index (χ0v) is 15.7. The van der Waals surface area contributed by atoms with Gasteiger partial charge in [-0.25, -0.2) is 0 Å². The first-order chi connectivity index (χ1) is 13.7. The number of benzene rings is 2. The van der Waals surface area contributed by atoms with Crippen LogP contribution >= 0.6 is 0 Å². The van der Waals surface area contributed by atoms with Crippen LogP contribution in [0.25, 0.3) is 10.8 Å². The van der Waals surface area contributed by atoms with Crippen molar-refractivity contribution in [3.05, 3.63) is 108 Å². The normalized spacial score (nSPS) is 11.9. The average molecular weight is 367 g/mol. The maximum absolute atomic E-state index is 13.6. The highest BCUT2D eigenvalue weighted by Crippen LogP contribution is 2.26. The quantitative estimate of drug-likeness (QED) is 0.497. The van der Waals surface area contributed by atoms with Gasteiger partial charge in [-0.2, -0.15) is 0 Å².